The van der Waals surface area contributed by atoms with E-state index < -0.39 is 5.41 Å². The van der Waals surface area contributed by atoms with Gasteiger partial charge < -0.3 is 31.7 Å². The summed E-state index contributed by atoms with van der Waals surface area (Å²) in [6.45, 7) is 5.80. The summed E-state index contributed by atoms with van der Waals surface area (Å²) in [6, 6.07) is 15.3. The SMILES string of the molecule is CCCN(CCO)C(=O)C1=Cc2ccc(C3(C(=O)Nc4cnc5c(c4)CN(Cc4ccc(C(=O)NCCNC(=O)C6CCC(CN7C(=O)C=CC7=O)CC6)cc4)CC5)CC3)cc2N=C(N)C1. The Balaban J connectivity index is 0.794. The van der Waals surface area contributed by atoms with Crippen molar-refractivity contribution in [3.8, 4) is 0 Å². The van der Waals surface area contributed by atoms with Gasteiger partial charge >= 0.3 is 0 Å². The van der Waals surface area contributed by atoms with Gasteiger partial charge in [0.25, 0.3) is 17.7 Å². The lowest BCUT2D eigenvalue weighted by atomic mass is 9.81. The minimum atomic E-state index is -0.712. The van der Waals surface area contributed by atoms with Crippen molar-refractivity contribution in [2.45, 2.75) is 83.2 Å². The number of pyridine rings is 1. The Labute approximate surface area is 384 Å². The second-order valence-corrected chi connectivity index (χ2v) is 18.1. The molecular formula is C50H59N9O7. The molecular weight excluding hydrogens is 839 g/mol. The Morgan fingerprint density at radius 1 is 0.939 bits per heavy atom. The molecule has 4 heterocycles. The monoisotopic (exact) mass is 897 g/mol. The quantitative estimate of drug-likeness (QED) is 0.0973. The van der Waals surface area contributed by atoms with E-state index in [1.165, 1.54) is 17.1 Å². The summed E-state index contributed by atoms with van der Waals surface area (Å²) in [7, 11) is 0. The number of benzene rings is 2. The lowest BCUT2D eigenvalue weighted by molar-refractivity contribution is -0.138. The fourth-order valence-electron chi connectivity index (χ4n) is 9.55. The highest BCUT2D eigenvalue weighted by Gasteiger charge is 2.51. The fraction of sp³-hybridized carbons (Fsp3) is 0.440. The van der Waals surface area contributed by atoms with Crippen LogP contribution in [0, 0.1) is 11.8 Å². The van der Waals surface area contributed by atoms with Gasteiger partial charge in [0.2, 0.25) is 17.7 Å². The van der Waals surface area contributed by atoms with Crippen molar-refractivity contribution in [1.82, 2.24) is 30.3 Å². The van der Waals surface area contributed by atoms with Gasteiger partial charge in [-0.2, -0.15) is 0 Å². The fourth-order valence-corrected chi connectivity index (χ4v) is 9.55. The molecule has 8 rings (SSSR count). The molecule has 0 saturated heterocycles. The number of aliphatic hydroxyl groups is 1. The highest BCUT2D eigenvalue weighted by Crippen LogP contribution is 2.50. The number of rotatable bonds is 17. The highest BCUT2D eigenvalue weighted by atomic mass is 16.3. The van der Waals surface area contributed by atoms with Crippen molar-refractivity contribution in [2.24, 2.45) is 22.6 Å². The first-order chi connectivity index (χ1) is 31.9. The normalized spacial score (nSPS) is 19.8. The van der Waals surface area contributed by atoms with Gasteiger partial charge in [-0.1, -0.05) is 31.2 Å². The van der Waals surface area contributed by atoms with Gasteiger partial charge in [0.1, 0.15) is 5.84 Å². The average Bonchev–Trinajstić information content (AvgIpc) is 4.10. The molecule has 3 aliphatic heterocycles. The number of aliphatic hydroxyl groups excluding tert-OH is 1. The second kappa shape index (κ2) is 20.3. The van der Waals surface area contributed by atoms with Crippen LogP contribution in [0.25, 0.3) is 6.08 Å². The van der Waals surface area contributed by atoms with Crippen LogP contribution in [-0.4, -0.2) is 112 Å². The maximum atomic E-state index is 14.0. The molecule has 3 aromatic rings. The van der Waals surface area contributed by atoms with E-state index in [2.05, 4.69) is 25.8 Å². The van der Waals surface area contributed by atoms with Crippen molar-refractivity contribution in [3.05, 3.63) is 106 Å². The van der Waals surface area contributed by atoms with Crippen LogP contribution in [0.15, 0.2) is 77.4 Å². The number of carbonyl (C=O) groups excluding carboxylic acids is 6. The number of aromatic nitrogens is 1. The lowest BCUT2D eigenvalue weighted by Gasteiger charge is -2.30. The van der Waals surface area contributed by atoms with Crippen LogP contribution in [0.2, 0.25) is 0 Å². The molecule has 2 aromatic carbocycles. The summed E-state index contributed by atoms with van der Waals surface area (Å²) in [4.78, 5) is 91.4. The number of amidine groups is 1. The molecule has 6 amide bonds. The minimum absolute atomic E-state index is 0.0370. The van der Waals surface area contributed by atoms with Crippen molar-refractivity contribution in [2.75, 3.05) is 51.2 Å². The van der Waals surface area contributed by atoms with E-state index >= 15 is 0 Å². The molecule has 6 N–H and O–H groups in total. The molecule has 16 heteroatoms. The van der Waals surface area contributed by atoms with Gasteiger partial charge in [-0.3, -0.25) is 43.6 Å². The molecule has 0 unspecified atom stereocenters. The molecule has 2 aliphatic carbocycles. The zero-order chi connectivity index (χ0) is 46.4. The Bertz CT molecular complexity index is 2450. The third-order valence-corrected chi connectivity index (χ3v) is 13.4. The van der Waals surface area contributed by atoms with Gasteiger partial charge in [0, 0.05) is 106 Å². The van der Waals surface area contributed by atoms with Crippen LogP contribution in [0.3, 0.4) is 0 Å². The van der Waals surface area contributed by atoms with Crippen LogP contribution in [0.5, 0.6) is 0 Å². The van der Waals surface area contributed by atoms with Gasteiger partial charge in [-0.25, -0.2) is 4.99 Å². The van der Waals surface area contributed by atoms with Crippen LogP contribution < -0.4 is 21.7 Å². The van der Waals surface area contributed by atoms with Crippen molar-refractivity contribution >= 4 is 58.7 Å². The van der Waals surface area contributed by atoms with E-state index in [4.69, 9.17) is 10.7 Å². The summed E-state index contributed by atoms with van der Waals surface area (Å²) < 4.78 is 0. The standard InChI is InChI=1S/C50H59N9O7/c1-2-20-58(22-23-60)48(65)37-24-36-11-12-39(27-42(36)56-43(51)26-37)50(16-17-50)49(66)55-40-25-38-31-57(21-15-41(38)54-28-40)29-32-3-7-34(8-4-32)46(63)52-18-19-53-47(64)35-9-5-33(6-10-35)30-59-44(61)13-14-45(59)62/h3-4,7-8,11-14,24-25,27-28,33,35,60H,2,5-6,9-10,15-23,26,29-31H2,1H3,(H2,51,56)(H,52,63)(H,53,64)(H,55,66). The Morgan fingerprint density at radius 2 is 1.68 bits per heavy atom. The third-order valence-electron chi connectivity index (χ3n) is 13.4. The largest absolute Gasteiger partial charge is 0.395 e. The van der Waals surface area contributed by atoms with E-state index in [1.54, 1.807) is 11.1 Å². The van der Waals surface area contributed by atoms with Crippen LogP contribution in [0.4, 0.5) is 11.4 Å². The Hall–Kier alpha value is -6.52. The van der Waals surface area contributed by atoms with Gasteiger partial charge in [0.05, 0.1) is 29.6 Å². The number of carbonyl (C=O) groups is 6. The number of aliphatic imine (C=N–C) groups is 1. The number of imide groups is 1. The molecule has 66 heavy (non-hydrogen) atoms. The number of fused-ring (bicyclic) bond motifs is 2. The molecule has 1 aromatic heterocycles. The number of nitrogens with one attached hydrogen (secondary N) is 3. The first-order valence-corrected chi connectivity index (χ1v) is 23.2. The molecule has 0 radical (unpaired) electrons. The molecule has 0 bridgehead atoms. The van der Waals surface area contributed by atoms with E-state index in [1.807, 2.05) is 61.5 Å². The van der Waals surface area contributed by atoms with Crippen molar-refractivity contribution < 1.29 is 33.9 Å². The molecule has 5 aliphatic rings. The molecule has 16 nitrogen and oxygen atoms in total. The predicted octanol–water partition coefficient (Wildman–Crippen LogP) is 3.89. The number of hydrogen-bond acceptors (Lipinski definition) is 11. The maximum absolute atomic E-state index is 14.0. The summed E-state index contributed by atoms with van der Waals surface area (Å²) in [5, 5.41) is 18.5. The number of nitrogens with zero attached hydrogens (tertiary/aromatic N) is 5. The molecule has 0 atom stereocenters. The highest BCUT2D eigenvalue weighted by molar-refractivity contribution is 6.13. The summed E-state index contributed by atoms with van der Waals surface area (Å²) in [6.07, 6.45) is 12.2. The zero-order valence-corrected chi connectivity index (χ0v) is 37.5. The predicted molar refractivity (Wildman–Crippen MR) is 249 cm³/mol. The van der Waals surface area contributed by atoms with Crippen molar-refractivity contribution in [3.63, 3.8) is 0 Å². The lowest BCUT2D eigenvalue weighted by Crippen LogP contribution is -2.40. The number of amides is 6. The Kier molecular flexibility index (Phi) is 14.2. The summed E-state index contributed by atoms with van der Waals surface area (Å²) in [5.41, 5.74) is 12.6. The minimum Gasteiger partial charge on any atom is -0.395 e. The van der Waals surface area contributed by atoms with Crippen LogP contribution >= 0.6 is 0 Å². The smallest absolute Gasteiger partial charge is 0.253 e. The maximum Gasteiger partial charge on any atom is 0.253 e. The van der Waals surface area contributed by atoms with E-state index in [-0.39, 0.29) is 66.9 Å². The van der Waals surface area contributed by atoms with Gasteiger partial charge in [0.15, 0.2) is 0 Å². The average molecular weight is 898 g/mol. The number of nitrogens with two attached hydrogens (primary N) is 1. The zero-order valence-electron chi connectivity index (χ0n) is 37.5. The number of anilines is 1. The summed E-state index contributed by atoms with van der Waals surface area (Å²) >= 11 is 0. The van der Waals surface area contributed by atoms with E-state index in [0.717, 1.165) is 60.2 Å². The molecule has 0 spiro atoms. The Morgan fingerprint density at radius 3 is 2.39 bits per heavy atom. The van der Waals surface area contributed by atoms with E-state index in [0.29, 0.717) is 93.3 Å². The van der Waals surface area contributed by atoms with Gasteiger partial charge in [-0.05, 0) is 97.9 Å². The van der Waals surface area contributed by atoms with E-state index in [9.17, 15) is 33.9 Å². The molecule has 2 fully saturated rings. The van der Waals surface area contributed by atoms with Crippen molar-refractivity contribution in [1.29, 1.82) is 0 Å². The van der Waals surface area contributed by atoms with Crippen LogP contribution in [0.1, 0.15) is 96.6 Å². The van der Waals surface area contributed by atoms with Gasteiger partial charge in [-0.15, -0.1) is 0 Å². The van der Waals surface area contributed by atoms with Crippen LogP contribution in [-0.2, 0) is 48.9 Å². The summed E-state index contributed by atoms with van der Waals surface area (Å²) in [5.74, 6) is -0.683. The first kappa shape index (κ1) is 46.0. The molecule has 346 valence electrons. The topological polar surface area (TPSA) is 220 Å². The second-order valence-electron chi connectivity index (χ2n) is 18.1. The molecule has 2 saturated carbocycles. The first-order valence-electron chi connectivity index (χ1n) is 23.2. The third kappa shape index (κ3) is 10.6. The number of hydrogen-bond donors (Lipinski definition) is 5.